The molecule has 6 heteroatoms. The van der Waals surface area contributed by atoms with Crippen molar-refractivity contribution in [1.82, 2.24) is 9.03 Å². The molecule has 0 amide bonds. The maximum Gasteiger partial charge on any atom is 0.279 e. The van der Waals surface area contributed by atoms with Gasteiger partial charge in [-0.2, -0.15) is 12.7 Å². The molecule has 108 valence electrons. The monoisotopic (exact) mass is 296 g/mol. The first-order valence-electron chi connectivity index (χ1n) is 6.62. The van der Waals surface area contributed by atoms with E-state index < -0.39 is 10.2 Å². The largest absolute Gasteiger partial charge is 0.279 e. The van der Waals surface area contributed by atoms with Gasteiger partial charge in [-0.25, -0.2) is 4.72 Å². The second-order valence-electron chi connectivity index (χ2n) is 5.63. The molecule has 18 heavy (non-hydrogen) atoms. The van der Waals surface area contributed by atoms with Crippen LogP contribution in [0.5, 0.6) is 0 Å². The van der Waals surface area contributed by atoms with E-state index in [0.29, 0.717) is 12.4 Å². The van der Waals surface area contributed by atoms with Gasteiger partial charge in [0.25, 0.3) is 10.2 Å². The van der Waals surface area contributed by atoms with Gasteiger partial charge in [0.1, 0.15) is 0 Å². The van der Waals surface area contributed by atoms with E-state index in [-0.39, 0.29) is 11.5 Å². The third kappa shape index (κ3) is 4.08. The number of rotatable bonds is 6. The van der Waals surface area contributed by atoms with E-state index in [9.17, 15) is 8.42 Å². The first-order valence-corrected chi connectivity index (χ1v) is 8.59. The molecule has 0 atom stereocenters. The van der Waals surface area contributed by atoms with Crippen LogP contribution in [0, 0.1) is 5.41 Å². The average molecular weight is 297 g/mol. The third-order valence-corrected chi connectivity index (χ3v) is 6.19. The molecule has 0 unspecified atom stereocenters. The van der Waals surface area contributed by atoms with E-state index in [0.717, 1.165) is 25.7 Å². The minimum Gasteiger partial charge on any atom is -0.202 e. The van der Waals surface area contributed by atoms with Crippen molar-refractivity contribution in [1.29, 1.82) is 0 Å². The SMILES string of the molecule is CC(C)N(C)S(=O)(=O)NCC1(CCl)CCCCC1. The minimum atomic E-state index is -3.38. The van der Waals surface area contributed by atoms with Crippen molar-refractivity contribution in [3.63, 3.8) is 0 Å². The van der Waals surface area contributed by atoms with Gasteiger partial charge in [-0.05, 0) is 32.1 Å². The molecule has 0 heterocycles. The first kappa shape index (κ1) is 16.2. The van der Waals surface area contributed by atoms with Crippen molar-refractivity contribution in [2.45, 2.75) is 52.0 Å². The zero-order valence-electron chi connectivity index (χ0n) is 11.6. The molecule has 0 bridgehead atoms. The molecule has 4 nitrogen and oxygen atoms in total. The molecule has 0 radical (unpaired) electrons. The number of halogens is 1. The Morgan fingerprint density at radius 1 is 1.28 bits per heavy atom. The molecule has 1 fully saturated rings. The molecule has 0 aromatic rings. The fourth-order valence-corrected chi connectivity index (χ4v) is 3.89. The van der Waals surface area contributed by atoms with Crippen molar-refractivity contribution in [3.8, 4) is 0 Å². The van der Waals surface area contributed by atoms with Gasteiger partial charge >= 0.3 is 0 Å². The van der Waals surface area contributed by atoms with Gasteiger partial charge in [0.2, 0.25) is 0 Å². The molecule has 1 rings (SSSR count). The predicted molar refractivity (Wildman–Crippen MR) is 76.1 cm³/mol. The number of nitrogens with zero attached hydrogens (tertiary/aromatic N) is 1. The number of nitrogens with one attached hydrogen (secondary N) is 1. The molecule has 0 aromatic heterocycles. The first-order chi connectivity index (χ1) is 8.33. The van der Waals surface area contributed by atoms with Crippen LogP contribution < -0.4 is 4.72 Å². The quantitative estimate of drug-likeness (QED) is 0.765. The topological polar surface area (TPSA) is 49.4 Å². The highest BCUT2D eigenvalue weighted by Crippen LogP contribution is 2.36. The molecule has 0 aromatic carbocycles. The van der Waals surface area contributed by atoms with Crippen LogP contribution in [0.2, 0.25) is 0 Å². The van der Waals surface area contributed by atoms with Crippen LogP contribution in [0.15, 0.2) is 0 Å². The van der Waals surface area contributed by atoms with Crippen LogP contribution in [0.4, 0.5) is 0 Å². The van der Waals surface area contributed by atoms with E-state index in [4.69, 9.17) is 11.6 Å². The summed E-state index contributed by atoms with van der Waals surface area (Å²) in [5.41, 5.74) is -0.0509. The highest BCUT2D eigenvalue weighted by molar-refractivity contribution is 7.87. The number of hydrogen-bond donors (Lipinski definition) is 1. The van der Waals surface area contributed by atoms with Crippen molar-refractivity contribution in [3.05, 3.63) is 0 Å². The van der Waals surface area contributed by atoms with E-state index in [1.807, 2.05) is 13.8 Å². The summed E-state index contributed by atoms with van der Waals surface area (Å²) >= 11 is 6.06. The molecule has 0 saturated heterocycles. The highest BCUT2D eigenvalue weighted by Gasteiger charge is 2.33. The molecule has 1 aliphatic rings. The van der Waals surface area contributed by atoms with Gasteiger partial charge in [0.15, 0.2) is 0 Å². The summed E-state index contributed by atoms with van der Waals surface area (Å²) in [6.07, 6.45) is 5.56. The normalized spacial score (nSPS) is 20.6. The standard InChI is InChI=1S/C12H25ClN2O2S/c1-11(2)15(3)18(16,17)14-10-12(9-13)7-5-4-6-8-12/h11,14H,4-10H2,1-3H3. The van der Waals surface area contributed by atoms with Crippen molar-refractivity contribution in [2.24, 2.45) is 5.41 Å². The Morgan fingerprint density at radius 2 is 1.83 bits per heavy atom. The summed E-state index contributed by atoms with van der Waals surface area (Å²) in [5.74, 6) is 0.529. The summed E-state index contributed by atoms with van der Waals surface area (Å²) in [6, 6.07) is -0.0409. The van der Waals surface area contributed by atoms with Gasteiger partial charge in [-0.3, -0.25) is 0 Å². The molecule has 0 aliphatic heterocycles. The lowest BCUT2D eigenvalue weighted by Crippen LogP contribution is -2.47. The minimum absolute atomic E-state index is 0.0409. The summed E-state index contributed by atoms with van der Waals surface area (Å²) < 4.78 is 28.2. The Bertz CT molecular complexity index is 351. The molecule has 1 saturated carbocycles. The Morgan fingerprint density at radius 3 is 2.28 bits per heavy atom. The fraction of sp³-hybridized carbons (Fsp3) is 1.00. The van der Waals surface area contributed by atoms with Crippen LogP contribution in [0.1, 0.15) is 46.0 Å². The Hall–Kier alpha value is 0.160. The summed E-state index contributed by atoms with van der Waals surface area (Å²) in [4.78, 5) is 0. The average Bonchev–Trinajstić information content (AvgIpc) is 2.36. The molecule has 0 spiro atoms. The number of hydrogen-bond acceptors (Lipinski definition) is 2. The van der Waals surface area contributed by atoms with E-state index in [1.54, 1.807) is 7.05 Å². The van der Waals surface area contributed by atoms with Crippen LogP contribution in [0.25, 0.3) is 0 Å². The Balaban J connectivity index is 2.62. The molecule has 1 N–H and O–H groups in total. The third-order valence-electron chi connectivity index (χ3n) is 3.93. The summed E-state index contributed by atoms with van der Waals surface area (Å²) in [7, 11) is -1.78. The lowest BCUT2D eigenvalue weighted by molar-refractivity contribution is 0.222. The Kier molecular flexibility index (Phi) is 5.90. The van der Waals surface area contributed by atoms with Gasteiger partial charge in [0.05, 0.1) is 0 Å². The van der Waals surface area contributed by atoms with E-state index in [1.165, 1.54) is 10.7 Å². The zero-order chi connectivity index (χ0) is 13.8. The predicted octanol–water partition coefficient (Wildman–Crippen LogP) is 2.35. The smallest absolute Gasteiger partial charge is 0.202 e. The van der Waals surface area contributed by atoms with Crippen molar-refractivity contribution >= 4 is 21.8 Å². The van der Waals surface area contributed by atoms with Crippen LogP contribution in [-0.2, 0) is 10.2 Å². The molecule has 1 aliphatic carbocycles. The van der Waals surface area contributed by atoms with Crippen LogP contribution in [0.3, 0.4) is 0 Å². The van der Waals surface area contributed by atoms with Crippen LogP contribution >= 0.6 is 11.6 Å². The fourth-order valence-electron chi connectivity index (χ4n) is 2.28. The maximum atomic E-state index is 12.0. The van der Waals surface area contributed by atoms with Gasteiger partial charge < -0.3 is 0 Å². The molecular formula is C12H25ClN2O2S. The zero-order valence-corrected chi connectivity index (χ0v) is 13.1. The molecular weight excluding hydrogens is 272 g/mol. The van der Waals surface area contributed by atoms with E-state index >= 15 is 0 Å². The maximum absolute atomic E-state index is 12.0. The van der Waals surface area contributed by atoms with Gasteiger partial charge in [0, 0.05) is 25.5 Å². The van der Waals surface area contributed by atoms with E-state index in [2.05, 4.69) is 4.72 Å². The second kappa shape index (κ2) is 6.55. The highest BCUT2D eigenvalue weighted by atomic mass is 35.5. The van der Waals surface area contributed by atoms with Crippen LogP contribution in [-0.4, -0.2) is 38.2 Å². The summed E-state index contributed by atoms with van der Waals surface area (Å²) in [6.45, 7) is 4.17. The lowest BCUT2D eigenvalue weighted by Gasteiger charge is -2.36. The van der Waals surface area contributed by atoms with Crippen molar-refractivity contribution in [2.75, 3.05) is 19.5 Å². The summed E-state index contributed by atoms with van der Waals surface area (Å²) in [5, 5.41) is 0. The van der Waals surface area contributed by atoms with Gasteiger partial charge in [-0.15, -0.1) is 11.6 Å². The lowest BCUT2D eigenvalue weighted by atomic mass is 9.76. The van der Waals surface area contributed by atoms with Crippen molar-refractivity contribution < 1.29 is 8.42 Å². The second-order valence-corrected chi connectivity index (χ2v) is 7.71. The van der Waals surface area contributed by atoms with Gasteiger partial charge in [-0.1, -0.05) is 19.3 Å². The number of alkyl halides is 1. The Labute approximate surface area is 116 Å².